The van der Waals surface area contributed by atoms with Crippen molar-refractivity contribution in [2.75, 3.05) is 6.54 Å². The number of carbonyl (C=O) groups excluding carboxylic acids is 1. The Morgan fingerprint density at radius 1 is 1.12 bits per heavy atom. The Kier molecular flexibility index (Phi) is 5.20. The van der Waals surface area contributed by atoms with Crippen molar-refractivity contribution in [2.45, 2.75) is 13.1 Å². The number of benzene rings is 2. The third-order valence-corrected chi connectivity index (χ3v) is 6.05. The number of fused-ring (bicyclic) bond motifs is 2. The predicted molar refractivity (Wildman–Crippen MR) is 119 cm³/mol. The van der Waals surface area contributed by atoms with Crippen LogP contribution < -0.4 is 10.9 Å². The molecule has 1 N–H and O–H groups in total. The molecular formula is C22H17FN6O2S. The van der Waals surface area contributed by atoms with E-state index in [1.165, 1.54) is 34.5 Å². The van der Waals surface area contributed by atoms with E-state index in [-0.39, 0.29) is 23.8 Å². The molecule has 0 unspecified atom stereocenters. The fraction of sp³-hybridized carbons (Fsp3) is 0.136. The Hall–Kier alpha value is -3.92. The number of amides is 1. The number of nitrogens with one attached hydrogen (secondary N) is 1. The maximum Gasteiger partial charge on any atom is 0.280 e. The number of rotatable bonds is 6. The lowest BCUT2D eigenvalue weighted by molar-refractivity contribution is 0.0952. The topological polar surface area (TPSA) is 94.7 Å². The van der Waals surface area contributed by atoms with Gasteiger partial charge in [0.15, 0.2) is 10.7 Å². The van der Waals surface area contributed by atoms with E-state index < -0.39 is 0 Å². The van der Waals surface area contributed by atoms with Crippen LogP contribution in [-0.4, -0.2) is 36.8 Å². The van der Waals surface area contributed by atoms with Crippen LogP contribution in [0, 0.1) is 5.82 Å². The normalized spacial score (nSPS) is 11.3. The Bertz CT molecular complexity index is 1470. The molecule has 10 heteroatoms. The van der Waals surface area contributed by atoms with Gasteiger partial charge in [-0.2, -0.15) is 5.10 Å². The van der Waals surface area contributed by atoms with Gasteiger partial charge in [0.25, 0.3) is 11.5 Å². The Balaban J connectivity index is 1.29. The number of nitrogens with zero attached hydrogens (tertiary/aromatic N) is 5. The molecule has 32 heavy (non-hydrogen) atoms. The molecule has 5 rings (SSSR count). The number of thiazole rings is 1. The molecule has 0 atom stereocenters. The largest absolute Gasteiger partial charge is 0.348 e. The molecule has 0 spiro atoms. The molecular weight excluding hydrogens is 431 g/mol. The number of halogens is 1. The zero-order valence-electron chi connectivity index (χ0n) is 16.7. The lowest BCUT2D eigenvalue weighted by atomic mass is 10.2. The van der Waals surface area contributed by atoms with Crippen molar-refractivity contribution < 1.29 is 9.18 Å². The molecule has 0 fully saturated rings. The molecule has 160 valence electrons. The second kappa shape index (κ2) is 8.31. The number of para-hydroxylation sites is 1. The van der Waals surface area contributed by atoms with Gasteiger partial charge in [0.05, 0.1) is 29.5 Å². The minimum atomic E-state index is -0.376. The predicted octanol–water partition coefficient (Wildman–Crippen LogP) is 2.82. The van der Waals surface area contributed by atoms with Crippen molar-refractivity contribution >= 4 is 38.5 Å². The highest BCUT2D eigenvalue weighted by molar-refractivity contribution is 7.20. The van der Waals surface area contributed by atoms with Crippen LogP contribution in [0.3, 0.4) is 0 Å². The molecule has 0 saturated carbocycles. The SMILES string of the molecule is O=C(NCCn1ncc2c(=O)n(Cc3ccccc3F)cnc21)c1nc2ccccc2s1. The molecule has 0 saturated heterocycles. The number of aromatic nitrogens is 5. The second-order valence-electron chi connectivity index (χ2n) is 7.12. The highest BCUT2D eigenvalue weighted by atomic mass is 32.1. The summed E-state index contributed by atoms with van der Waals surface area (Å²) in [6.07, 6.45) is 2.83. The van der Waals surface area contributed by atoms with Crippen molar-refractivity contribution in [2.24, 2.45) is 0 Å². The monoisotopic (exact) mass is 448 g/mol. The summed E-state index contributed by atoms with van der Waals surface area (Å²) >= 11 is 1.33. The fourth-order valence-electron chi connectivity index (χ4n) is 3.40. The quantitative estimate of drug-likeness (QED) is 0.431. The van der Waals surface area contributed by atoms with Gasteiger partial charge in [-0.15, -0.1) is 11.3 Å². The molecule has 0 aliphatic heterocycles. The van der Waals surface area contributed by atoms with Gasteiger partial charge in [0.1, 0.15) is 17.5 Å². The van der Waals surface area contributed by atoms with E-state index in [4.69, 9.17) is 0 Å². The van der Waals surface area contributed by atoms with Crippen LogP contribution >= 0.6 is 11.3 Å². The first-order chi connectivity index (χ1) is 15.6. The van der Waals surface area contributed by atoms with Crippen LogP contribution in [0.5, 0.6) is 0 Å². The van der Waals surface area contributed by atoms with E-state index in [1.807, 2.05) is 24.3 Å². The van der Waals surface area contributed by atoms with Gasteiger partial charge < -0.3 is 5.32 Å². The Morgan fingerprint density at radius 3 is 2.78 bits per heavy atom. The van der Waals surface area contributed by atoms with Gasteiger partial charge in [-0.3, -0.25) is 14.2 Å². The van der Waals surface area contributed by atoms with E-state index in [0.29, 0.717) is 34.7 Å². The molecule has 5 aromatic rings. The van der Waals surface area contributed by atoms with E-state index in [1.54, 1.807) is 22.9 Å². The Labute approximate surface area is 185 Å². The molecule has 1 amide bonds. The maximum absolute atomic E-state index is 13.9. The third kappa shape index (κ3) is 3.76. The highest BCUT2D eigenvalue weighted by Gasteiger charge is 2.14. The van der Waals surface area contributed by atoms with E-state index in [9.17, 15) is 14.0 Å². The first kappa shape index (κ1) is 20.0. The van der Waals surface area contributed by atoms with Crippen molar-refractivity contribution in [1.29, 1.82) is 0 Å². The van der Waals surface area contributed by atoms with E-state index in [0.717, 1.165) is 10.2 Å². The van der Waals surface area contributed by atoms with Crippen molar-refractivity contribution in [1.82, 2.24) is 29.6 Å². The first-order valence-electron chi connectivity index (χ1n) is 9.88. The van der Waals surface area contributed by atoms with Gasteiger partial charge in [-0.05, 0) is 18.2 Å². The van der Waals surface area contributed by atoms with Gasteiger partial charge in [0, 0.05) is 12.1 Å². The summed E-state index contributed by atoms with van der Waals surface area (Å²) in [5.41, 5.74) is 1.30. The van der Waals surface area contributed by atoms with Crippen LogP contribution in [0.25, 0.3) is 21.3 Å². The minimum Gasteiger partial charge on any atom is -0.348 e. The average molecular weight is 448 g/mol. The average Bonchev–Trinajstić information content (AvgIpc) is 3.42. The van der Waals surface area contributed by atoms with E-state index >= 15 is 0 Å². The fourth-order valence-corrected chi connectivity index (χ4v) is 4.29. The molecule has 0 bridgehead atoms. The molecule has 3 heterocycles. The van der Waals surface area contributed by atoms with Crippen molar-refractivity contribution in [3.8, 4) is 0 Å². The number of carbonyl (C=O) groups is 1. The second-order valence-corrected chi connectivity index (χ2v) is 8.15. The van der Waals surface area contributed by atoms with Crippen LogP contribution in [0.2, 0.25) is 0 Å². The van der Waals surface area contributed by atoms with Crippen LogP contribution in [-0.2, 0) is 13.1 Å². The lowest BCUT2D eigenvalue weighted by Gasteiger charge is -2.07. The summed E-state index contributed by atoms with van der Waals surface area (Å²) in [6.45, 7) is 0.716. The van der Waals surface area contributed by atoms with Gasteiger partial charge >= 0.3 is 0 Å². The summed E-state index contributed by atoms with van der Waals surface area (Å²) in [5.74, 6) is -0.637. The number of hydrogen-bond acceptors (Lipinski definition) is 6. The molecule has 8 nitrogen and oxygen atoms in total. The summed E-state index contributed by atoms with van der Waals surface area (Å²) in [6, 6.07) is 13.9. The van der Waals surface area contributed by atoms with Crippen LogP contribution in [0.4, 0.5) is 4.39 Å². The third-order valence-electron chi connectivity index (χ3n) is 5.02. The summed E-state index contributed by atoms with van der Waals surface area (Å²) in [4.78, 5) is 33.9. The summed E-state index contributed by atoms with van der Waals surface area (Å²) in [7, 11) is 0. The molecule has 3 aromatic heterocycles. The lowest BCUT2D eigenvalue weighted by Crippen LogP contribution is -2.27. The standard InChI is InChI=1S/C22H17FN6O2S/c23-16-6-2-1-5-14(16)12-28-13-25-19-15(22(28)31)11-26-29(19)10-9-24-20(30)21-27-17-7-3-4-8-18(17)32-21/h1-8,11,13H,9-10,12H2,(H,24,30). The summed E-state index contributed by atoms with van der Waals surface area (Å²) in [5, 5.41) is 7.78. The molecule has 0 radical (unpaired) electrons. The van der Waals surface area contributed by atoms with Gasteiger partial charge in [-0.1, -0.05) is 30.3 Å². The summed E-state index contributed by atoms with van der Waals surface area (Å²) < 4.78 is 17.8. The number of hydrogen-bond donors (Lipinski definition) is 1. The molecule has 0 aliphatic carbocycles. The van der Waals surface area contributed by atoms with Crippen LogP contribution in [0.1, 0.15) is 15.4 Å². The molecule has 2 aromatic carbocycles. The van der Waals surface area contributed by atoms with Gasteiger partial charge in [0.2, 0.25) is 0 Å². The zero-order valence-corrected chi connectivity index (χ0v) is 17.6. The minimum absolute atomic E-state index is 0.0812. The van der Waals surface area contributed by atoms with Crippen molar-refractivity contribution in [3.05, 3.63) is 87.8 Å². The first-order valence-corrected chi connectivity index (χ1v) is 10.7. The van der Waals surface area contributed by atoms with Crippen molar-refractivity contribution in [3.63, 3.8) is 0 Å². The van der Waals surface area contributed by atoms with Gasteiger partial charge in [-0.25, -0.2) is 19.0 Å². The smallest absolute Gasteiger partial charge is 0.280 e. The Morgan fingerprint density at radius 2 is 1.94 bits per heavy atom. The van der Waals surface area contributed by atoms with E-state index in [2.05, 4.69) is 20.4 Å². The highest BCUT2D eigenvalue weighted by Crippen LogP contribution is 2.21. The molecule has 0 aliphatic rings. The zero-order chi connectivity index (χ0) is 22.1. The van der Waals surface area contributed by atoms with Crippen LogP contribution in [0.15, 0.2) is 65.8 Å². The maximum atomic E-state index is 13.9.